The summed E-state index contributed by atoms with van der Waals surface area (Å²) in [6.45, 7) is 1.95. The summed E-state index contributed by atoms with van der Waals surface area (Å²) in [5.41, 5.74) is 2.46. The van der Waals surface area contributed by atoms with Crippen molar-refractivity contribution in [2.75, 3.05) is 7.11 Å². The summed E-state index contributed by atoms with van der Waals surface area (Å²) in [4.78, 5) is 18.9. The summed E-state index contributed by atoms with van der Waals surface area (Å²) in [6.07, 6.45) is 3.01. The van der Waals surface area contributed by atoms with Crippen LogP contribution >= 0.6 is 0 Å². The maximum Gasteiger partial charge on any atom is 0.307 e. The molecule has 0 unspecified atom stereocenters. The fourth-order valence-corrected chi connectivity index (χ4v) is 1.79. The molecule has 1 aromatic carbocycles. The Morgan fingerprint density at radius 3 is 2.53 bits per heavy atom. The molecule has 19 heavy (non-hydrogen) atoms. The SMILES string of the molecule is COc1ccc(-c2ncc(CC(=O)O)cn2)cc1C. The fraction of sp³-hybridized carbons (Fsp3) is 0.214. The number of ether oxygens (including phenoxy) is 1. The lowest BCUT2D eigenvalue weighted by molar-refractivity contribution is -0.136. The van der Waals surface area contributed by atoms with E-state index in [1.807, 2.05) is 25.1 Å². The second kappa shape index (κ2) is 5.48. The van der Waals surface area contributed by atoms with Gasteiger partial charge in [0, 0.05) is 18.0 Å². The molecule has 0 aliphatic heterocycles. The van der Waals surface area contributed by atoms with Crippen LogP contribution in [0.15, 0.2) is 30.6 Å². The van der Waals surface area contributed by atoms with Crippen molar-refractivity contribution in [3.63, 3.8) is 0 Å². The molecule has 1 aromatic heterocycles. The van der Waals surface area contributed by atoms with E-state index < -0.39 is 5.97 Å². The first-order valence-electron chi connectivity index (χ1n) is 5.78. The molecule has 0 radical (unpaired) electrons. The number of carboxylic acid groups (broad SMARTS) is 1. The Bertz CT molecular complexity index is 594. The highest BCUT2D eigenvalue weighted by atomic mass is 16.5. The molecule has 0 bridgehead atoms. The minimum absolute atomic E-state index is 0.0675. The van der Waals surface area contributed by atoms with Crippen molar-refractivity contribution in [3.8, 4) is 17.1 Å². The van der Waals surface area contributed by atoms with E-state index in [1.165, 1.54) is 12.4 Å². The van der Waals surface area contributed by atoms with Crippen LogP contribution in [0.1, 0.15) is 11.1 Å². The molecule has 0 aliphatic rings. The van der Waals surface area contributed by atoms with Gasteiger partial charge in [0.2, 0.25) is 0 Å². The van der Waals surface area contributed by atoms with Crippen molar-refractivity contribution in [3.05, 3.63) is 41.7 Å². The molecular formula is C14H14N2O3. The smallest absolute Gasteiger partial charge is 0.307 e. The summed E-state index contributed by atoms with van der Waals surface area (Å²) in [5, 5.41) is 8.68. The first-order valence-corrected chi connectivity index (χ1v) is 5.78. The summed E-state index contributed by atoms with van der Waals surface area (Å²) >= 11 is 0. The largest absolute Gasteiger partial charge is 0.496 e. The number of hydrogen-bond donors (Lipinski definition) is 1. The van der Waals surface area contributed by atoms with Crippen LogP contribution in [0.4, 0.5) is 0 Å². The van der Waals surface area contributed by atoms with Gasteiger partial charge in [0.05, 0.1) is 13.5 Å². The Kier molecular flexibility index (Phi) is 3.75. The first kappa shape index (κ1) is 13.0. The van der Waals surface area contributed by atoms with Crippen molar-refractivity contribution in [1.82, 2.24) is 9.97 Å². The number of aliphatic carboxylic acids is 1. The van der Waals surface area contributed by atoms with Gasteiger partial charge in [-0.15, -0.1) is 0 Å². The number of aryl methyl sites for hydroxylation is 1. The lowest BCUT2D eigenvalue weighted by atomic mass is 10.1. The molecular weight excluding hydrogens is 244 g/mol. The summed E-state index contributed by atoms with van der Waals surface area (Å²) in [7, 11) is 1.62. The zero-order chi connectivity index (χ0) is 13.8. The quantitative estimate of drug-likeness (QED) is 0.909. The van der Waals surface area contributed by atoms with Crippen LogP contribution in [0.5, 0.6) is 5.75 Å². The first-order chi connectivity index (χ1) is 9.10. The van der Waals surface area contributed by atoms with Gasteiger partial charge in [0.15, 0.2) is 5.82 Å². The van der Waals surface area contributed by atoms with Crippen LogP contribution in [0.3, 0.4) is 0 Å². The molecule has 0 atom stereocenters. The van der Waals surface area contributed by atoms with E-state index in [0.29, 0.717) is 11.4 Å². The Morgan fingerprint density at radius 2 is 2.00 bits per heavy atom. The van der Waals surface area contributed by atoms with Crippen molar-refractivity contribution in [2.24, 2.45) is 0 Å². The van der Waals surface area contributed by atoms with Crippen molar-refractivity contribution in [1.29, 1.82) is 0 Å². The van der Waals surface area contributed by atoms with Gasteiger partial charge in [0.1, 0.15) is 5.75 Å². The van der Waals surface area contributed by atoms with E-state index in [-0.39, 0.29) is 6.42 Å². The van der Waals surface area contributed by atoms with Gasteiger partial charge in [-0.25, -0.2) is 9.97 Å². The number of hydrogen-bond acceptors (Lipinski definition) is 4. The molecule has 1 N–H and O–H groups in total. The molecule has 1 heterocycles. The standard InChI is InChI=1S/C14H14N2O3/c1-9-5-11(3-4-12(9)19-2)14-15-7-10(8-16-14)6-13(17)18/h3-5,7-8H,6H2,1-2H3,(H,17,18). The van der Waals surface area contributed by atoms with Crippen molar-refractivity contribution >= 4 is 5.97 Å². The number of aromatic nitrogens is 2. The van der Waals surface area contributed by atoms with Crippen LogP contribution in [-0.2, 0) is 11.2 Å². The van der Waals surface area contributed by atoms with Gasteiger partial charge in [-0.3, -0.25) is 4.79 Å². The summed E-state index contributed by atoms with van der Waals surface area (Å²) in [6, 6.07) is 5.67. The maximum absolute atomic E-state index is 10.6. The highest BCUT2D eigenvalue weighted by Gasteiger charge is 2.06. The number of benzene rings is 1. The zero-order valence-electron chi connectivity index (χ0n) is 10.8. The molecule has 0 amide bonds. The number of methoxy groups -OCH3 is 1. The molecule has 0 saturated heterocycles. The lowest BCUT2D eigenvalue weighted by Crippen LogP contribution is -2.01. The highest BCUT2D eigenvalue weighted by Crippen LogP contribution is 2.23. The predicted molar refractivity (Wildman–Crippen MR) is 70.1 cm³/mol. The second-order valence-corrected chi connectivity index (χ2v) is 4.17. The third-order valence-corrected chi connectivity index (χ3v) is 2.71. The summed E-state index contributed by atoms with van der Waals surface area (Å²) in [5.74, 6) is 0.489. The molecule has 2 rings (SSSR count). The number of nitrogens with zero attached hydrogens (tertiary/aromatic N) is 2. The van der Waals surface area contributed by atoms with Crippen LogP contribution in [-0.4, -0.2) is 28.2 Å². The molecule has 0 fully saturated rings. The van der Waals surface area contributed by atoms with E-state index in [0.717, 1.165) is 16.9 Å². The van der Waals surface area contributed by atoms with Crippen LogP contribution in [0.25, 0.3) is 11.4 Å². The molecule has 2 aromatic rings. The fourth-order valence-electron chi connectivity index (χ4n) is 1.79. The molecule has 0 saturated carbocycles. The van der Waals surface area contributed by atoms with E-state index in [2.05, 4.69) is 9.97 Å². The average molecular weight is 258 g/mol. The summed E-state index contributed by atoms with van der Waals surface area (Å²) < 4.78 is 5.19. The average Bonchev–Trinajstić information content (AvgIpc) is 2.39. The number of carboxylic acids is 1. The zero-order valence-corrected chi connectivity index (χ0v) is 10.8. The third kappa shape index (κ3) is 3.07. The number of carbonyl (C=O) groups is 1. The van der Waals surface area contributed by atoms with E-state index in [1.54, 1.807) is 7.11 Å². The monoisotopic (exact) mass is 258 g/mol. The second-order valence-electron chi connectivity index (χ2n) is 4.17. The molecule has 5 nitrogen and oxygen atoms in total. The van der Waals surface area contributed by atoms with Gasteiger partial charge in [-0.05, 0) is 36.2 Å². The lowest BCUT2D eigenvalue weighted by Gasteiger charge is -2.06. The van der Waals surface area contributed by atoms with E-state index in [4.69, 9.17) is 9.84 Å². The topological polar surface area (TPSA) is 72.3 Å². The molecule has 0 aliphatic carbocycles. The van der Waals surface area contributed by atoms with Gasteiger partial charge in [0.25, 0.3) is 0 Å². The van der Waals surface area contributed by atoms with E-state index in [9.17, 15) is 4.79 Å². The minimum Gasteiger partial charge on any atom is -0.496 e. The Labute approximate surface area is 110 Å². The molecule has 98 valence electrons. The molecule has 0 spiro atoms. The van der Waals surface area contributed by atoms with Gasteiger partial charge in [-0.2, -0.15) is 0 Å². The Balaban J connectivity index is 2.27. The Hall–Kier alpha value is -2.43. The number of rotatable bonds is 4. The predicted octanol–water partition coefficient (Wildman–Crippen LogP) is 2.09. The van der Waals surface area contributed by atoms with Gasteiger partial charge < -0.3 is 9.84 Å². The minimum atomic E-state index is -0.892. The van der Waals surface area contributed by atoms with Crippen molar-refractivity contribution in [2.45, 2.75) is 13.3 Å². The van der Waals surface area contributed by atoms with E-state index >= 15 is 0 Å². The highest BCUT2D eigenvalue weighted by molar-refractivity contribution is 5.70. The Morgan fingerprint density at radius 1 is 1.32 bits per heavy atom. The maximum atomic E-state index is 10.6. The normalized spacial score (nSPS) is 10.2. The third-order valence-electron chi connectivity index (χ3n) is 2.71. The van der Waals surface area contributed by atoms with Crippen LogP contribution < -0.4 is 4.74 Å². The van der Waals surface area contributed by atoms with Crippen molar-refractivity contribution < 1.29 is 14.6 Å². The molecule has 5 heteroatoms. The van der Waals surface area contributed by atoms with Crippen LogP contribution in [0, 0.1) is 6.92 Å². The van der Waals surface area contributed by atoms with Gasteiger partial charge in [-0.1, -0.05) is 0 Å². The van der Waals surface area contributed by atoms with Gasteiger partial charge >= 0.3 is 5.97 Å². The van der Waals surface area contributed by atoms with Crippen LogP contribution in [0.2, 0.25) is 0 Å².